The van der Waals surface area contributed by atoms with Gasteiger partial charge in [-0.2, -0.15) is 0 Å². The van der Waals surface area contributed by atoms with Crippen molar-refractivity contribution in [1.82, 2.24) is 0 Å². The van der Waals surface area contributed by atoms with E-state index in [9.17, 15) is 9.90 Å². The van der Waals surface area contributed by atoms with Gasteiger partial charge in [-0.15, -0.1) is 0 Å². The standard InChI is InChI=1S/C12H15BrO4/c1-3-17-12(15)7-11(14)9-5-4-8(16-2)6-10(9)13/h4-6,11,14H,3,7H2,1-2H3. The molecule has 0 saturated carbocycles. The minimum Gasteiger partial charge on any atom is -0.497 e. The lowest BCUT2D eigenvalue weighted by Crippen LogP contribution is -2.10. The van der Waals surface area contributed by atoms with Gasteiger partial charge >= 0.3 is 5.97 Å². The van der Waals surface area contributed by atoms with E-state index < -0.39 is 12.1 Å². The quantitative estimate of drug-likeness (QED) is 0.849. The molecule has 1 atom stereocenters. The van der Waals surface area contributed by atoms with E-state index in [-0.39, 0.29) is 6.42 Å². The molecule has 0 radical (unpaired) electrons. The molecule has 0 saturated heterocycles. The highest BCUT2D eigenvalue weighted by Gasteiger charge is 2.16. The van der Waals surface area contributed by atoms with Gasteiger partial charge in [-0.25, -0.2) is 0 Å². The minimum atomic E-state index is -0.880. The average Bonchev–Trinajstić information content (AvgIpc) is 2.28. The Kier molecular flexibility index (Phi) is 5.44. The van der Waals surface area contributed by atoms with E-state index in [1.54, 1.807) is 32.2 Å². The zero-order valence-electron chi connectivity index (χ0n) is 9.77. The Hall–Kier alpha value is -1.07. The second-order valence-electron chi connectivity index (χ2n) is 3.41. The number of carbonyl (C=O) groups is 1. The number of hydrogen-bond acceptors (Lipinski definition) is 4. The van der Waals surface area contributed by atoms with Gasteiger partial charge in [0.15, 0.2) is 0 Å². The molecule has 1 rings (SSSR count). The lowest BCUT2D eigenvalue weighted by Gasteiger charge is -2.13. The molecule has 0 aliphatic carbocycles. The maximum Gasteiger partial charge on any atom is 0.308 e. The summed E-state index contributed by atoms with van der Waals surface area (Å²) in [6.45, 7) is 2.04. The number of hydrogen-bond donors (Lipinski definition) is 1. The minimum absolute atomic E-state index is 0.0568. The smallest absolute Gasteiger partial charge is 0.308 e. The van der Waals surface area contributed by atoms with E-state index in [0.717, 1.165) is 0 Å². The maximum absolute atomic E-state index is 11.2. The first-order valence-electron chi connectivity index (χ1n) is 5.25. The van der Waals surface area contributed by atoms with Crippen LogP contribution in [0, 0.1) is 0 Å². The number of methoxy groups -OCH3 is 1. The van der Waals surface area contributed by atoms with Gasteiger partial charge in [0.25, 0.3) is 0 Å². The first-order chi connectivity index (χ1) is 8.08. The Morgan fingerprint density at radius 2 is 2.24 bits per heavy atom. The molecule has 0 spiro atoms. The highest BCUT2D eigenvalue weighted by Crippen LogP contribution is 2.29. The van der Waals surface area contributed by atoms with Crippen molar-refractivity contribution in [3.8, 4) is 5.75 Å². The molecule has 0 bridgehead atoms. The number of halogens is 1. The van der Waals surface area contributed by atoms with E-state index in [0.29, 0.717) is 22.4 Å². The fourth-order valence-corrected chi connectivity index (χ4v) is 2.01. The van der Waals surface area contributed by atoms with Crippen LogP contribution in [0.15, 0.2) is 22.7 Å². The van der Waals surface area contributed by atoms with Gasteiger partial charge in [0.05, 0.1) is 26.2 Å². The number of carbonyl (C=O) groups excluding carboxylic acids is 1. The van der Waals surface area contributed by atoms with Crippen LogP contribution < -0.4 is 4.74 Å². The average molecular weight is 303 g/mol. The second-order valence-corrected chi connectivity index (χ2v) is 4.27. The molecule has 0 fully saturated rings. The number of rotatable bonds is 5. The molecule has 4 nitrogen and oxygen atoms in total. The van der Waals surface area contributed by atoms with Crippen LogP contribution in [0.1, 0.15) is 25.0 Å². The van der Waals surface area contributed by atoms with E-state index in [1.165, 1.54) is 0 Å². The zero-order chi connectivity index (χ0) is 12.8. The van der Waals surface area contributed by atoms with Crippen molar-refractivity contribution >= 4 is 21.9 Å². The molecule has 17 heavy (non-hydrogen) atoms. The molecule has 1 aromatic carbocycles. The third kappa shape index (κ3) is 4.02. The summed E-state index contributed by atoms with van der Waals surface area (Å²) in [5.41, 5.74) is 0.638. The molecular weight excluding hydrogens is 288 g/mol. The van der Waals surface area contributed by atoms with Gasteiger partial charge in [-0.05, 0) is 24.6 Å². The Balaban J connectivity index is 2.75. The number of esters is 1. The van der Waals surface area contributed by atoms with Crippen molar-refractivity contribution in [3.63, 3.8) is 0 Å². The highest BCUT2D eigenvalue weighted by molar-refractivity contribution is 9.10. The van der Waals surface area contributed by atoms with Crippen LogP contribution in [-0.2, 0) is 9.53 Å². The summed E-state index contributed by atoms with van der Waals surface area (Å²) in [7, 11) is 1.57. The predicted octanol–water partition coefficient (Wildman–Crippen LogP) is 2.44. The fourth-order valence-electron chi connectivity index (χ4n) is 1.39. The van der Waals surface area contributed by atoms with Crippen LogP contribution in [0.5, 0.6) is 5.75 Å². The SMILES string of the molecule is CCOC(=O)CC(O)c1ccc(OC)cc1Br. The van der Waals surface area contributed by atoms with E-state index in [2.05, 4.69) is 15.9 Å². The van der Waals surface area contributed by atoms with Crippen molar-refractivity contribution in [3.05, 3.63) is 28.2 Å². The predicted molar refractivity (Wildman–Crippen MR) is 66.9 cm³/mol. The molecular formula is C12H15BrO4. The molecule has 94 valence electrons. The van der Waals surface area contributed by atoms with Crippen molar-refractivity contribution in [2.24, 2.45) is 0 Å². The van der Waals surface area contributed by atoms with Crippen LogP contribution >= 0.6 is 15.9 Å². The third-order valence-corrected chi connectivity index (χ3v) is 2.92. The Labute approximate surface area is 109 Å². The third-order valence-electron chi connectivity index (χ3n) is 2.23. The van der Waals surface area contributed by atoms with Crippen molar-refractivity contribution < 1.29 is 19.4 Å². The highest BCUT2D eigenvalue weighted by atomic mass is 79.9. The summed E-state index contributed by atoms with van der Waals surface area (Å²) in [4.78, 5) is 11.2. The van der Waals surface area contributed by atoms with E-state index in [4.69, 9.17) is 9.47 Å². The van der Waals surface area contributed by atoms with E-state index in [1.807, 2.05) is 0 Å². The van der Waals surface area contributed by atoms with Gasteiger partial charge in [-0.3, -0.25) is 4.79 Å². The van der Waals surface area contributed by atoms with Gasteiger partial charge in [0, 0.05) is 4.47 Å². The summed E-state index contributed by atoms with van der Waals surface area (Å²) < 4.78 is 10.5. The van der Waals surface area contributed by atoms with E-state index >= 15 is 0 Å². The first kappa shape index (κ1) is 14.0. The Bertz CT molecular complexity index is 392. The largest absolute Gasteiger partial charge is 0.497 e. The number of aliphatic hydroxyl groups excluding tert-OH is 1. The molecule has 1 aromatic rings. The van der Waals surface area contributed by atoms with Crippen LogP contribution in [-0.4, -0.2) is 24.8 Å². The second kappa shape index (κ2) is 6.61. The number of ether oxygens (including phenoxy) is 2. The lowest BCUT2D eigenvalue weighted by atomic mass is 10.1. The molecule has 0 aromatic heterocycles. The monoisotopic (exact) mass is 302 g/mol. The van der Waals surface area contributed by atoms with Crippen LogP contribution in [0.25, 0.3) is 0 Å². The maximum atomic E-state index is 11.2. The van der Waals surface area contributed by atoms with Crippen LogP contribution in [0.4, 0.5) is 0 Å². The number of benzene rings is 1. The molecule has 0 amide bonds. The summed E-state index contributed by atoms with van der Waals surface area (Å²) >= 11 is 3.33. The van der Waals surface area contributed by atoms with Crippen molar-refractivity contribution in [2.75, 3.05) is 13.7 Å². The summed E-state index contributed by atoms with van der Waals surface area (Å²) in [5, 5.41) is 9.89. The summed E-state index contributed by atoms with van der Waals surface area (Å²) in [5.74, 6) is 0.270. The normalized spacial score (nSPS) is 12.0. The summed E-state index contributed by atoms with van der Waals surface area (Å²) in [6.07, 6.45) is -0.937. The van der Waals surface area contributed by atoms with Gasteiger partial charge in [0.2, 0.25) is 0 Å². The lowest BCUT2D eigenvalue weighted by molar-refractivity contribution is -0.145. The van der Waals surface area contributed by atoms with Crippen molar-refractivity contribution in [2.45, 2.75) is 19.4 Å². The Morgan fingerprint density at radius 3 is 2.76 bits per heavy atom. The Morgan fingerprint density at radius 1 is 1.53 bits per heavy atom. The molecule has 1 N–H and O–H groups in total. The first-order valence-corrected chi connectivity index (χ1v) is 6.05. The molecule has 0 aliphatic heterocycles. The molecule has 1 unspecified atom stereocenters. The number of aliphatic hydroxyl groups is 1. The van der Waals surface area contributed by atoms with Gasteiger partial charge < -0.3 is 14.6 Å². The summed E-state index contributed by atoms with van der Waals surface area (Å²) in [6, 6.07) is 5.19. The van der Waals surface area contributed by atoms with Crippen LogP contribution in [0.3, 0.4) is 0 Å². The van der Waals surface area contributed by atoms with Gasteiger partial charge in [0.1, 0.15) is 5.75 Å². The topological polar surface area (TPSA) is 55.8 Å². The molecule has 0 aliphatic rings. The van der Waals surface area contributed by atoms with Gasteiger partial charge in [-0.1, -0.05) is 22.0 Å². The van der Waals surface area contributed by atoms with Crippen LogP contribution in [0.2, 0.25) is 0 Å². The zero-order valence-corrected chi connectivity index (χ0v) is 11.4. The van der Waals surface area contributed by atoms with Crippen molar-refractivity contribution in [1.29, 1.82) is 0 Å². The fraction of sp³-hybridized carbons (Fsp3) is 0.417. The molecule has 5 heteroatoms. The molecule has 0 heterocycles.